The summed E-state index contributed by atoms with van der Waals surface area (Å²) in [7, 11) is 1.79. The van der Waals surface area contributed by atoms with E-state index in [4.69, 9.17) is 4.74 Å². The second-order valence-electron chi connectivity index (χ2n) is 2.82. The first kappa shape index (κ1) is 11.9. The van der Waals surface area contributed by atoms with Crippen LogP contribution >= 0.6 is 15.9 Å². The predicted molar refractivity (Wildman–Crippen MR) is 60.2 cm³/mol. The maximum Gasteiger partial charge on any atom is 0.310 e. The van der Waals surface area contributed by atoms with E-state index in [0.29, 0.717) is 13.2 Å². The van der Waals surface area contributed by atoms with Crippen molar-refractivity contribution in [2.24, 2.45) is 0 Å². The van der Waals surface area contributed by atoms with Gasteiger partial charge in [0, 0.05) is 23.2 Å². The van der Waals surface area contributed by atoms with Gasteiger partial charge in [-0.1, -0.05) is 15.9 Å². The van der Waals surface area contributed by atoms with Crippen molar-refractivity contribution in [3.05, 3.63) is 32.8 Å². The van der Waals surface area contributed by atoms with Gasteiger partial charge in [0.05, 0.1) is 4.92 Å². The third-order valence-electron chi connectivity index (χ3n) is 1.73. The van der Waals surface area contributed by atoms with E-state index in [9.17, 15) is 10.1 Å². The summed E-state index contributed by atoms with van der Waals surface area (Å²) in [5.74, 6) is 0.282. The van der Waals surface area contributed by atoms with Crippen LogP contribution in [0.2, 0.25) is 0 Å². The second kappa shape index (κ2) is 5.67. The molecule has 1 aromatic rings. The fraction of sp³-hybridized carbons (Fsp3) is 0.333. The normalized spacial score (nSPS) is 10.0. The van der Waals surface area contributed by atoms with Crippen molar-refractivity contribution < 1.29 is 9.66 Å². The van der Waals surface area contributed by atoms with Crippen molar-refractivity contribution in [2.45, 2.75) is 0 Å². The molecule has 0 spiro atoms. The number of nitro benzene ring substituents is 1. The van der Waals surface area contributed by atoms with E-state index in [-0.39, 0.29) is 11.4 Å². The summed E-state index contributed by atoms with van der Waals surface area (Å²) in [4.78, 5) is 10.2. The van der Waals surface area contributed by atoms with Crippen LogP contribution in [0.5, 0.6) is 5.75 Å². The number of hydrogen-bond acceptors (Lipinski definition) is 4. The summed E-state index contributed by atoms with van der Waals surface area (Å²) in [5, 5.41) is 13.6. The van der Waals surface area contributed by atoms with Crippen LogP contribution in [0.15, 0.2) is 22.7 Å². The van der Waals surface area contributed by atoms with Gasteiger partial charge in [-0.2, -0.15) is 0 Å². The lowest BCUT2D eigenvalue weighted by Crippen LogP contribution is -2.16. The zero-order valence-electron chi connectivity index (χ0n) is 8.20. The number of rotatable bonds is 5. The molecule has 0 unspecified atom stereocenters. The molecular weight excluding hydrogens is 264 g/mol. The van der Waals surface area contributed by atoms with Gasteiger partial charge in [0.15, 0.2) is 5.75 Å². The lowest BCUT2D eigenvalue weighted by molar-refractivity contribution is -0.385. The van der Waals surface area contributed by atoms with Crippen molar-refractivity contribution in [3.63, 3.8) is 0 Å². The van der Waals surface area contributed by atoms with E-state index in [1.807, 2.05) is 0 Å². The number of halogens is 1. The van der Waals surface area contributed by atoms with Crippen LogP contribution in [0.25, 0.3) is 0 Å². The summed E-state index contributed by atoms with van der Waals surface area (Å²) < 4.78 is 6.04. The summed E-state index contributed by atoms with van der Waals surface area (Å²) in [6, 6.07) is 4.62. The highest BCUT2D eigenvalue weighted by Crippen LogP contribution is 2.29. The minimum absolute atomic E-state index is 0.0192. The maximum atomic E-state index is 10.7. The smallest absolute Gasteiger partial charge is 0.310 e. The molecule has 1 aromatic carbocycles. The van der Waals surface area contributed by atoms with E-state index in [1.165, 1.54) is 6.07 Å². The Morgan fingerprint density at radius 3 is 2.93 bits per heavy atom. The Kier molecular flexibility index (Phi) is 4.51. The number of ether oxygens (including phenoxy) is 1. The fourth-order valence-electron chi connectivity index (χ4n) is 1.02. The van der Waals surface area contributed by atoms with Crippen LogP contribution in [0.4, 0.5) is 5.69 Å². The van der Waals surface area contributed by atoms with E-state index in [1.54, 1.807) is 19.2 Å². The predicted octanol–water partition coefficient (Wildman–Crippen LogP) is 1.96. The second-order valence-corrected chi connectivity index (χ2v) is 3.74. The highest BCUT2D eigenvalue weighted by atomic mass is 79.9. The van der Waals surface area contributed by atoms with Gasteiger partial charge >= 0.3 is 5.69 Å². The Balaban J connectivity index is 2.82. The summed E-state index contributed by atoms with van der Waals surface area (Å²) in [6.07, 6.45) is 0. The Morgan fingerprint density at radius 2 is 2.33 bits per heavy atom. The highest BCUT2D eigenvalue weighted by Gasteiger charge is 2.14. The SMILES string of the molecule is CNCCOc1cc(Br)ccc1[N+](=O)[O-]. The quantitative estimate of drug-likeness (QED) is 0.507. The van der Waals surface area contributed by atoms with Gasteiger partial charge in [0.25, 0.3) is 0 Å². The zero-order chi connectivity index (χ0) is 11.3. The molecule has 0 aliphatic carbocycles. The fourth-order valence-corrected chi connectivity index (χ4v) is 1.36. The molecule has 0 fully saturated rings. The molecule has 0 aromatic heterocycles. The van der Waals surface area contributed by atoms with Gasteiger partial charge in [-0.05, 0) is 13.1 Å². The molecule has 82 valence electrons. The van der Waals surface area contributed by atoms with Gasteiger partial charge in [0.2, 0.25) is 0 Å². The molecule has 0 saturated heterocycles. The molecule has 0 aliphatic heterocycles. The number of benzene rings is 1. The summed E-state index contributed by atoms with van der Waals surface area (Å²) in [5.41, 5.74) is -0.0192. The number of likely N-dealkylation sites (N-methyl/N-ethyl adjacent to an activating group) is 1. The molecule has 0 bridgehead atoms. The third kappa shape index (κ3) is 3.49. The summed E-state index contributed by atoms with van der Waals surface area (Å²) >= 11 is 3.24. The molecule has 1 rings (SSSR count). The third-order valence-corrected chi connectivity index (χ3v) is 2.22. The largest absolute Gasteiger partial charge is 0.485 e. The molecule has 1 N–H and O–H groups in total. The monoisotopic (exact) mass is 274 g/mol. The Morgan fingerprint density at radius 1 is 1.60 bits per heavy atom. The van der Waals surface area contributed by atoms with Gasteiger partial charge in [0.1, 0.15) is 6.61 Å². The van der Waals surface area contributed by atoms with E-state index in [0.717, 1.165) is 4.47 Å². The topological polar surface area (TPSA) is 64.4 Å². The van der Waals surface area contributed by atoms with Gasteiger partial charge in [-0.15, -0.1) is 0 Å². The molecule has 0 aliphatic rings. The number of hydrogen-bond donors (Lipinski definition) is 1. The standard InChI is InChI=1S/C9H11BrN2O3/c1-11-4-5-15-9-6-7(10)2-3-8(9)12(13)14/h2-3,6,11H,4-5H2,1H3. The first-order chi connectivity index (χ1) is 7.15. The molecule has 6 heteroatoms. The maximum absolute atomic E-state index is 10.7. The molecule has 0 atom stereocenters. The average molecular weight is 275 g/mol. The lowest BCUT2D eigenvalue weighted by atomic mass is 10.3. The average Bonchev–Trinajstić information content (AvgIpc) is 2.18. The first-order valence-corrected chi connectivity index (χ1v) is 5.16. The van der Waals surface area contributed by atoms with E-state index in [2.05, 4.69) is 21.2 Å². The lowest BCUT2D eigenvalue weighted by Gasteiger charge is -2.06. The van der Waals surface area contributed by atoms with Crippen LogP contribution in [0, 0.1) is 10.1 Å². The van der Waals surface area contributed by atoms with Crippen molar-refractivity contribution in [1.29, 1.82) is 0 Å². The van der Waals surface area contributed by atoms with Crippen LogP contribution < -0.4 is 10.1 Å². The number of nitrogens with zero attached hydrogens (tertiary/aromatic N) is 1. The minimum Gasteiger partial charge on any atom is -0.485 e. The molecule has 0 saturated carbocycles. The van der Waals surface area contributed by atoms with E-state index < -0.39 is 4.92 Å². The van der Waals surface area contributed by atoms with Gasteiger partial charge in [-0.25, -0.2) is 0 Å². The van der Waals surface area contributed by atoms with Gasteiger partial charge in [-0.3, -0.25) is 10.1 Å². The van der Waals surface area contributed by atoms with Crippen molar-refractivity contribution >= 4 is 21.6 Å². The van der Waals surface area contributed by atoms with Gasteiger partial charge < -0.3 is 10.1 Å². The van der Waals surface area contributed by atoms with E-state index >= 15 is 0 Å². The Hall–Kier alpha value is -1.14. The van der Waals surface area contributed by atoms with Crippen LogP contribution in [0.3, 0.4) is 0 Å². The summed E-state index contributed by atoms with van der Waals surface area (Å²) in [6.45, 7) is 1.04. The van der Waals surface area contributed by atoms with Crippen molar-refractivity contribution in [1.82, 2.24) is 5.32 Å². The Labute approximate surface area is 95.7 Å². The molecule has 5 nitrogen and oxygen atoms in total. The molecule has 15 heavy (non-hydrogen) atoms. The Bertz CT molecular complexity index is 357. The van der Waals surface area contributed by atoms with Crippen LogP contribution in [0.1, 0.15) is 0 Å². The van der Waals surface area contributed by atoms with Crippen molar-refractivity contribution in [3.8, 4) is 5.75 Å². The first-order valence-electron chi connectivity index (χ1n) is 4.36. The minimum atomic E-state index is -0.457. The van der Waals surface area contributed by atoms with Crippen molar-refractivity contribution in [2.75, 3.05) is 20.2 Å². The van der Waals surface area contributed by atoms with Crippen LogP contribution in [-0.4, -0.2) is 25.1 Å². The molecule has 0 heterocycles. The number of nitro groups is 1. The van der Waals surface area contributed by atoms with Crippen LogP contribution in [-0.2, 0) is 0 Å². The zero-order valence-corrected chi connectivity index (χ0v) is 9.78. The molecule has 0 radical (unpaired) electrons. The molecular formula is C9H11BrN2O3. The highest BCUT2D eigenvalue weighted by molar-refractivity contribution is 9.10. The number of nitrogens with one attached hydrogen (secondary N) is 1. The molecule has 0 amide bonds.